The normalized spacial score (nSPS) is 10.5. The van der Waals surface area contributed by atoms with Gasteiger partial charge in [-0.15, -0.1) is 0 Å². The third-order valence-corrected chi connectivity index (χ3v) is 2.58. The molecule has 4 nitrogen and oxygen atoms in total. The summed E-state index contributed by atoms with van der Waals surface area (Å²) in [6, 6.07) is 4.59. The van der Waals surface area contributed by atoms with Crippen LogP contribution < -0.4 is 11.3 Å². The Morgan fingerprint density at radius 1 is 1.17 bits per heavy atom. The quantitative estimate of drug-likeness (QED) is 0.634. The fourth-order valence-electron chi connectivity index (χ4n) is 1.52. The van der Waals surface area contributed by atoms with E-state index in [4.69, 9.17) is 5.84 Å². The van der Waals surface area contributed by atoms with Gasteiger partial charge in [0.25, 0.3) is 0 Å². The average Bonchev–Trinajstić information content (AvgIpc) is 2.36. The van der Waals surface area contributed by atoms with E-state index < -0.39 is 5.82 Å². The molecule has 0 atom stereocenters. The van der Waals surface area contributed by atoms with Gasteiger partial charge in [-0.3, -0.25) is 0 Å². The predicted molar refractivity (Wildman–Crippen MR) is 64.7 cm³/mol. The average molecular weight is 250 g/mol. The molecule has 0 bridgehead atoms. The summed E-state index contributed by atoms with van der Waals surface area (Å²) in [6.07, 6.45) is 0. The molecule has 6 heteroatoms. The molecule has 0 saturated carbocycles. The molecule has 94 valence electrons. The topological polar surface area (TPSA) is 63.8 Å². The van der Waals surface area contributed by atoms with Gasteiger partial charge in [-0.25, -0.2) is 24.6 Å². The number of nitrogens with one attached hydrogen (secondary N) is 1. The van der Waals surface area contributed by atoms with E-state index in [1.54, 1.807) is 19.1 Å². The van der Waals surface area contributed by atoms with Gasteiger partial charge in [0.15, 0.2) is 17.5 Å². The number of benzene rings is 1. The van der Waals surface area contributed by atoms with Crippen LogP contribution in [0.15, 0.2) is 18.2 Å². The van der Waals surface area contributed by atoms with Gasteiger partial charge in [-0.05, 0) is 25.5 Å². The summed E-state index contributed by atoms with van der Waals surface area (Å²) in [5.74, 6) is 4.30. The van der Waals surface area contributed by atoms with Gasteiger partial charge in [0.2, 0.25) is 0 Å². The number of rotatable bonds is 2. The predicted octanol–water partition coefficient (Wildman–Crippen LogP) is 2.32. The van der Waals surface area contributed by atoms with Crippen LogP contribution in [-0.4, -0.2) is 9.97 Å². The molecule has 0 aliphatic heterocycles. The second kappa shape index (κ2) is 4.66. The Hall–Kier alpha value is -2.08. The molecule has 2 rings (SSSR count). The number of aryl methyl sites for hydroxylation is 2. The minimum Gasteiger partial charge on any atom is -0.306 e. The summed E-state index contributed by atoms with van der Waals surface area (Å²) < 4.78 is 27.0. The molecule has 18 heavy (non-hydrogen) atoms. The van der Waals surface area contributed by atoms with E-state index in [-0.39, 0.29) is 23.2 Å². The first-order valence-corrected chi connectivity index (χ1v) is 5.30. The first-order valence-electron chi connectivity index (χ1n) is 5.30. The van der Waals surface area contributed by atoms with Gasteiger partial charge < -0.3 is 5.43 Å². The monoisotopic (exact) mass is 250 g/mol. The zero-order valence-corrected chi connectivity index (χ0v) is 9.96. The van der Waals surface area contributed by atoms with Gasteiger partial charge in [-0.1, -0.05) is 12.1 Å². The smallest absolute Gasteiger partial charge is 0.187 e. The lowest BCUT2D eigenvalue weighted by Gasteiger charge is -2.07. The molecule has 0 aliphatic rings. The highest BCUT2D eigenvalue weighted by atomic mass is 19.1. The van der Waals surface area contributed by atoms with Crippen LogP contribution >= 0.6 is 0 Å². The molecule has 1 aromatic heterocycles. The van der Waals surface area contributed by atoms with E-state index in [0.717, 1.165) is 0 Å². The van der Waals surface area contributed by atoms with Gasteiger partial charge in [0.05, 0.1) is 5.69 Å². The van der Waals surface area contributed by atoms with Crippen LogP contribution in [0, 0.1) is 25.5 Å². The molecule has 0 amide bonds. The van der Waals surface area contributed by atoms with Crippen LogP contribution in [0.2, 0.25) is 0 Å². The number of hydrogen-bond donors (Lipinski definition) is 2. The van der Waals surface area contributed by atoms with Crippen molar-refractivity contribution < 1.29 is 8.78 Å². The second-order valence-electron chi connectivity index (χ2n) is 3.90. The second-order valence-corrected chi connectivity index (χ2v) is 3.90. The Balaban J connectivity index is 2.57. The number of nitrogen functional groups attached to an aromatic ring is 1. The maximum atomic E-state index is 13.5. The lowest BCUT2D eigenvalue weighted by atomic mass is 10.1. The van der Waals surface area contributed by atoms with Crippen molar-refractivity contribution in [2.75, 3.05) is 5.43 Å². The first kappa shape index (κ1) is 12.4. The summed E-state index contributed by atoms with van der Waals surface area (Å²) in [4.78, 5) is 7.88. The maximum Gasteiger partial charge on any atom is 0.187 e. The van der Waals surface area contributed by atoms with Crippen molar-refractivity contribution in [1.29, 1.82) is 0 Å². The number of halogens is 2. The maximum absolute atomic E-state index is 13.5. The van der Waals surface area contributed by atoms with Crippen LogP contribution in [0.3, 0.4) is 0 Å². The molecule has 0 spiro atoms. The molecule has 0 aliphatic carbocycles. The number of nitrogens with two attached hydrogens (primary N) is 1. The van der Waals surface area contributed by atoms with Gasteiger partial charge in [0.1, 0.15) is 5.82 Å². The van der Waals surface area contributed by atoms with E-state index in [1.807, 2.05) is 0 Å². The van der Waals surface area contributed by atoms with E-state index in [0.29, 0.717) is 11.1 Å². The lowest BCUT2D eigenvalue weighted by molar-refractivity contribution is 0.606. The zero-order chi connectivity index (χ0) is 13.3. The highest BCUT2D eigenvalue weighted by Gasteiger charge is 2.12. The summed E-state index contributed by atoms with van der Waals surface area (Å²) >= 11 is 0. The molecule has 0 saturated heterocycles. The molecule has 0 radical (unpaired) electrons. The van der Waals surface area contributed by atoms with E-state index in [2.05, 4.69) is 15.4 Å². The van der Waals surface area contributed by atoms with E-state index in [9.17, 15) is 8.78 Å². The molecule has 1 heterocycles. The fraction of sp³-hybridized carbons (Fsp3) is 0.167. The number of hydrogen-bond acceptors (Lipinski definition) is 4. The van der Waals surface area contributed by atoms with Crippen LogP contribution in [0.1, 0.15) is 11.3 Å². The largest absolute Gasteiger partial charge is 0.306 e. The summed E-state index contributed by atoms with van der Waals surface area (Å²) in [5, 5.41) is 0. The van der Waals surface area contributed by atoms with Crippen molar-refractivity contribution in [2.24, 2.45) is 5.84 Å². The third-order valence-electron chi connectivity index (χ3n) is 2.58. The Labute approximate surface area is 103 Å². The standard InChI is InChI=1S/C12H12F2N4/c1-6-3-4-8(5-9(6)13)11-16-7(2)10(14)12(17-11)18-15/h3-5H,15H2,1-2H3,(H,16,17,18). The van der Waals surface area contributed by atoms with Crippen molar-refractivity contribution in [3.63, 3.8) is 0 Å². The number of nitrogens with zero attached hydrogens (tertiary/aromatic N) is 2. The van der Waals surface area contributed by atoms with Crippen molar-refractivity contribution in [3.8, 4) is 11.4 Å². The van der Waals surface area contributed by atoms with Gasteiger partial charge in [0, 0.05) is 5.56 Å². The Morgan fingerprint density at radius 2 is 1.89 bits per heavy atom. The highest BCUT2D eigenvalue weighted by Crippen LogP contribution is 2.22. The van der Waals surface area contributed by atoms with Crippen molar-refractivity contribution >= 4 is 5.82 Å². The highest BCUT2D eigenvalue weighted by molar-refractivity contribution is 5.58. The molecule has 2 aromatic rings. The first-order chi connectivity index (χ1) is 8.52. The zero-order valence-electron chi connectivity index (χ0n) is 9.96. The molecule has 0 fully saturated rings. The third kappa shape index (κ3) is 2.14. The Kier molecular flexibility index (Phi) is 3.20. The molecule has 3 N–H and O–H groups in total. The van der Waals surface area contributed by atoms with Crippen LogP contribution in [0.25, 0.3) is 11.4 Å². The van der Waals surface area contributed by atoms with Crippen molar-refractivity contribution in [2.45, 2.75) is 13.8 Å². The summed E-state index contributed by atoms with van der Waals surface area (Å²) in [7, 11) is 0. The van der Waals surface area contributed by atoms with Crippen molar-refractivity contribution in [3.05, 3.63) is 41.1 Å². The minimum atomic E-state index is -0.617. The SMILES string of the molecule is Cc1ccc(-c2nc(C)c(F)c(NN)n2)cc1F. The summed E-state index contributed by atoms with van der Waals surface area (Å²) in [6.45, 7) is 3.15. The molecular formula is C12H12F2N4. The number of anilines is 1. The van der Waals surface area contributed by atoms with E-state index >= 15 is 0 Å². The fourth-order valence-corrected chi connectivity index (χ4v) is 1.52. The number of aromatic nitrogens is 2. The summed E-state index contributed by atoms with van der Waals surface area (Å²) in [5.41, 5.74) is 3.29. The molecule has 1 aromatic carbocycles. The van der Waals surface area contributed by atoms with Crippen molar-refractivity contribution in [1.82, 2.24) is 9.97 Å². The van der Waals surface area contributed by atoms with Gasteiger partial charge >= 0.3 is 0 Å². The van der Waals surface area contributed by atoms with Gasteiger partial charge in [-0.2, -0.15) is 0 Å². The van der Waals surface area contributed by atoms with E-state index in [1.165, 1.54) is 13.0 Å². The van der Waals surface area contributed by atoms with Crippen LogP contribution in [0.5, 0.6) is 0 Å². The number of hydrazine groups is 1. The lowest BCUT2D eigenvalue weighted by Crippen LogP contribution is -2.13. The molecule has 0 unspecified atom stereocenters. The Morgan fingerprint density at radius 3 is 2.50 bits per heavy atom. The van der Waals surface area contributed by atoms with Crippen LogP contribution in [0.4, 0.5) is 14.6 Å². The minimum absolute atomic E-state index is 0.113. The Bertz CT molecular complexity index is 599. The van der Waals surface area contributed by atoms with Crippen LogP contribution in [-0.2, 0) is 0 Å². The molecular weight excluding hydrogens is 238 g/mol.